The van der Waals surface area contributed by atoms with Gasteiger partial charge in [-0.2, -0.15) is 0 Å². The zero-order valence-corrected chi connectivity index (χ0v) is 8.77. The number of hydrogen-bond acceptors (Lipinski definition) is 4. The van der Waals surface area contributed by atoms with E-state index in [1.54, 1.807) is 16.8 Å². The second-order valence-corrected chi connectivity index (χ2v) is 4.27. The maximum absolute atomic E-state index is 5.82. The molecule has 1 aromatic rings. The zero-order chi connectivity index (χ0) is 8.97. The van der Waals surface area contributed by atoms with Crippen LogP contribution in [-0.4, -0.2) is 29.2 Å². The van der Waals surface area contributed by atoms with Gasteiger partial charge in [0.05, 0.1) is 0 Å². The predicted molar refractivity (Wildman–Crippen MR) is 53.1 cm³/mol. The van der Waals surface area contributed by atoms with E-state index in [4.69, 9.17) is 11.6 Å². The molecule has 1 unspecified atom stereocenters. The molecule has 0 aliphatic carbocycles. The second kappa shape index (κ2) is 4.62. The molecule has 0 radical (unpaired) electrons. The summed E-state index contributed by atoms with van der Waals surface area (Å²) in [6.45, 7) is 2.93. The molecule has 1 heterocycles. The molecule has 12 heavy (non-hydrogen) atoms. The van der Waals surface area contributed by atoms with Crippen molar-refractivity contribution < 1.29 is 0 Å². The van der Waals surface area contributed by atoms with Gasteiger partial charge in [-0.05, 0) is 13.3 Å². The molecule has 0 fully saturated rings. The number of hydrogen-bond donors (Lipinski definition) is 0. The average molecular weight is 206 g/mol. The van der Waals surface area contributed by atoms with Crippen molar-refractivity contribution in [1.29, 1.82) is 0 Å². The van der Waals surface area contributed by atoms with Crippen LogP contribution in [0.4, 0.5) is 5.13 Å². The van der Waals surface area contributed by atoms with Crippen LogP contribution in [0.2, 0.25) is 0 Å². The summed E-state index contributed by atoms with van der Waals surface area (Å²) in [5.41, 5.74) is 1.73. The number of anilines is 1. The number of aromatic nitrogens is 2. The largest absolute Gasteiger partial charge is 0.350 e. The molecule has 3 nitrogen and oxygen atoms in total. The van der Waals surface area contributed by atoms with Gasteiger partial charge in [-0.15, -0.1) is 21.8 Å². The van der Waals surface area contributed by atoms with E-state index in [-0.39, 0.29) is 5.38 Å². The van der Waals surface area contributed by atoms with Crippen molar-refractivity contribution >= 4 is 28.1 Å². The highest BCUT2D eigenvalue weighted by atomic mass is 35.5. The third-order valence-electron chi connectivity index (χ3n) is 1.54. The molecule has 0 bridgehead atoms. The molecule has 0 aliphatic heterocycles. The topological polar surface area (TPSA) is 29.0 Å². The number of alkyl halides is 1. The molecule has 0 N–H and O–H groups in total. The summed E-state index contributed by atoms with van der Waals surface area (Å²) in [7, 11) is 2.00. The van der Waals surface area contributed by atoms with Crippen LogP contribution in [0.3, 0.4) is 0 Å². The maximum Gasteiger partial charge on any atom is 0.207 e. The summed E-state index contributed by atoms with van der Waals surface area (Å²) in [6.07, 6.45) is 0.970. The lowest BCUT2D eigenvalue weighted by molar-refractivity contribution is 0.767. The van der Waals surface area contributed by atoms with Gasteiger partial charge in [-0.25, -0.2) is 0 Å². The van der Waals surface area contributed by atoms with Crippen LogP contribution >= 0.6 is 22.9 Å². The number of halogens is 1. The van der Waals surface area contributed by atoms with Gasteiger partial charge in [-0.3, -0.25) is 0 Å². The van der Waals surface area contributed by atoms with Gasteiger partial charge in [-0.1, -0.05) is 11.3 Å². The van der Waals surface area contributed by atoms with Gasteiger partial charge in [0.15, 0.2) is 0 Å². The monoisotopic (exact) mass is 205 g/mol. The van der Waals surface area contributed by atoms with Crippen LogP contribution in [0.5, 0.6) is 0 Å². The molecule has 0 spiro atoms. The Morgan fingerprint density at radius 3 is 3.00 bits per heavy atom. The van der Waals surface area contributed by atoms with Crippen LogP contribution in [-0.2, 0) is 0 Å². The Morgan fingerprint density at radius 2 is 2.50 bits per heavy atom. The first-order valence-electron chi connectivity index (χ1n) is 3.81. The zero-order valence-electron chi connectivity index (χ0n) is 7.20. The molecular formula is C7H12ClN3S. The number of nitrogens with zero attached hydrogens (tertiary/aromatic N) is 3. The summed E-state index contributed by atoms with van der Waals surface area (Å²) in [5.74, 6) is 0. The van der Waals surface area contributed by atoms with Crippen LogP contribution in [0, 0.1) is 0 Å². The molecule has 1 rings (SSSR count). The Kier molecular flexibility index (Phi) is 3.75. The summed E-state index contributed by atoms with van der Waals surface area (Å²) in [6, 6.07) is 0. The first kappa shape index (κ1) is 9.74. The Bertz CT molecular complexity index is 212. The summed E-state index contributed by atoms with van der Waals surface area (Å²) in [5, 5.41) is 8.88. The van der Waals surface area contributed by atoms with Gasteiger partial charge >= 0.3 is 0 Å². The fraction of sp³-hybridized carbons (Fsp3) is 0.714. The predicted octanol–water partition coefficient (Wildman–Crippen LogP) is 1.99. The van der Waals surface area contributed by atoms with E-state index in [1.165, 1.54) is 0 Å². The van der Waals surface area contributed by atoms with Crippen molar-refractivity contribution in [1.82, 2.24) is 10.2 Å². The lowest BCUT2D eigenvalue weighted by Gasteiger charge is -2.15. The third-order valence-corrected chi connectivity index (χ3v) is 2.56. The van der Waals surface area contributed by atoms with Gasteiger partial charge in [0, 0.05) is 19.0 Å². The normalized spacial score (nSPS) is 12.9. The molecule has 1 atom stereocenters. The molecule has 0 amide bonds. The summed E-state index contributed by atoms with van der Waals surface area (Å²) >= 11 is 7.37. The maximum atomic E-state index is 5.82. The highest BCUT2D eigenvalue weighted by molar-refractivity contribution is 7.13. The van der Waals surface area contributed by atoms with Crippen molar-refractivity contribution in [2.75, 3.05) is 18.5 Å². The van der Waals surface area contributed by atoms with E-state index in [1.807, 2.05) is 14.0 Å². The van der Waals surface area contributed by atoms with Crippen molar-refractivity contribution in [2.24, 2.45) is 0 Å². The molecular weight excluding hydrogens is 194 g/mol. The van der Waals surface area contributed by atoms with Crippen LogP contribution in [0.25, 0.3) is 0 Å². The minimum atomic E-state index is 0.223. The van der Waals surface area contributed by atoms with E-state index in [0.29, 0.717) is 0 Å². The summed E-state index contributed by atoms with van der Waals surface area (Å²) in [4.78, 5) is 2.07. The Balaban J connectivity index is 2.34. The Morgan fingerprint density at radius 1 is 1.75 bits per heavy atom. The van der Waals surface area contributed by atoms with E-state index in [2.05, 4.69) is 15.1 Å². The standard InChI is InChI=1S/C7H12ClN3S/c1-6(8)3-4-11(2)7-10-9-5-12-7/h5-6H,3-4H2,1-2H3. The fourth-order valence-electron chi connectivity index (χ4n) is 0.801. The molecule has 0 saturated carbocycles. The highest BCUT2D eigenvalue weighted by Gasteiger charge is 2.05. The minimum absolute atomic E-state index is 0.223. The van der Waals surface area contributed by atoms with Gasteiger partial charge in [0.1, 0.15) is 5.51 Å². The molecule has 0 aliphatic rings. The highest BCUT2D eigenvalue weighted by Crippen LogP contribution is 2.14. The molecule has 68 valence electrons. The quantitative estimate of drug-likeness (QED) is 0.705. The Hall–Kier alpha value is -0.350. The lowest BCUT2D eigenvalue weighted by atomic mass is 10.3. The first-order chi connectivity index (χ1) is 5.70. The molecule has 0 saturated heterocycles. The van der Waals surface area contributed by atoms with Crippen molar-refractivity contribution in [2.45, 2.75) is 18.7 Å². The van der Waals surface area contributed by atoms with E-state index < -0.39 is 0 Å². The van der Waals surface area contributed by atoms with Crippen molar-refractivity contribution in [3.8, 4) is 0 Å². The molecule has 0 aromatic carbocycles. The van der Waals surface area contributed by atoms with Crippen LogP contribution in [0.15, 0.2) is 5.51 Å². The minimum Gasteiger partial charge on any atom is -0.350 e. The Labute approximate surface area is 81.4 Å². The smallest absolute Gasteiger partial charge is 0.207 e. The van der Waals surface area contributed by atoms with E-state index >= 15 is 0 Å². The number of rotatable bonds is 4. The van der Waals surface area contributed by atoms with Gasteiger partial charge < -0.3 is 4.90 Å². The first-order valence-corrected chi connectivity index (χ1v) is 5.13. The summed E-state index contributed by atoms with van der Waals surface area (Å²) < 4.78 is 0. The lowest BCUT2D eigenvalue weighted by Crippen LogP contribution is -2.20. The van der Waals surface area contributed by atoms with Crippen LogP contribution in [0.1, 0.15) is 13.3 Å². The van der Waals surface area contributed by atoms with E-state index in [9.17, 15) is 0 Å². The molecule has 1 aromatic heterocycles. The van der Waals surface area contributed by atoms with Crippen molar-refractivity contribution in [3.05, 3.63) is 5.51 Å². The van der Waals surface area contributed by atoms with E-state index in [0.717, 1.165) is 18.1 Å². The average Bonchev–Trinajstić information content (AvgIpc) is 2.51. The SMILES string of the molecule is CC(Cl)CCN(C)c1nncs1. The van der Waals surface area contributed by atoms with Gasteiger partial charge in [0.2, 0.25) is 5.13 Å². The van der Waals surface area contributed by atoms with Crippen molar-refractivity contribution in [3.63, 3.8) is 0 Å². The third kappa shape index (κ3) is 2.95. The second-order valence-electron chi connectivity index (χ2n) is 2.71. The van der Waals surface area contributed by atoms with Gasteiger partial charge in [0.25, 0.3) is 0 Å². The fourth-order valence-corrected chi connectivity index (χ4v) is 1.45. The molecule has 5 heteroatoms. The van der Waals surface area contributed by atoms with Crippen LogP contribution < -0.4 is 4.90 Å².